The highest BCUT2D eigenvalue weighted by molar-refractivity contribution is 5.75. The molecule has 1 saturated heterocycles. The minimum absolute atomic E-state index is 0.00394. The third kappa shape index (κ3) is 3.13. The van der Waals surface area contributed by atoms with Crippen LogP contribution in [0.5, 0.6) is 0 Å². The molecule has 1 heterocycles. The summed E-state index contributed by atoms with van der Waals surface area (Å²) in [4.78, 5) is 26.1. The quantitative estimate of drug-likeness (QED) is 0.765. The van der Waals surface area contributed by atoms with Gasteiger partial charge in [0.25, 0.3) is 0 Å². The maximum atomic E-state index is 11.8. The Labute approximate surface area is 107 Å². The Kier molecular flexibility index (Phi) is 4.95. The number of carbonyl (C=O) groups is 2. The molecule has 0 aromatic heterocycles. The maximum absolute atomic E-state index is 11.8. The predicted octanol–water partition coefficient (Wildman–Crippen LogP) is 1.01. The molecule has 104 valence electrons. The summed E-state index contributed by atoms with van der Waals surface area (Å²) in [6.07, 6.45) is -0.905. The molecule has 0 bridgehead atoms. The summed E-state index contributed by atoms with van der Waals surface area (Å²) in [5.41, 5.74) is 0. The second-order valence-corrected chi connectivity index (χ2v) is 4.76. The molecule has 6 nitrogen and oxygen atoms in total. The van der Waals surface area contributed by atoms with Crippen molar-refractivity contribution in [2.75, 3.05) is 19.7 Å². The van der Waals surface area contributed by atoms with E-state index in [9.17, 15) is 9.59 Å². The predicted molar refractivity (Wildman–Crippen MR) is 66.5 cm³/mol. The number of hydrogen-bond donors (Lipinski definition) is 1. The average Bonchev–Trinajstić information content (AvgIpc) is 2.27. The van der Waals surface area contributed by atoms with Crippen LogP contribution in [-0.4, -0.2) is 64.8 Å². The van der Waals surface area contributed by atoms with E-state index in [0.717, 1.165) is 0 Å². The Morgan fingerprint density at radius 3 is 2.22 bits per heavy atom. The molecule has 0 aromatic carbocycles. The Bertz CT molecular complexity index is 309. The van der Waals surface area contributed by atoms with Crippen molar-refractivity contribution in [3.05, 3.63) is 0 Å². The van der Waals surface area contributed by atoms with Gasteiger partial charge in [-0.1, -0.05) is 0 Å². The van der Waals surface area contributed by atoms with Gasteiger partial charge in [0.15, 0.2) is 0 Å². The lowest BCUT2D eigenvalue weighted by Gasteiger charge is -2.45. The van der Waals surface area contributed by atoms with Crippen LogP contribution in [0, 0.1) is 0 Å². The van der Waals surface area contributed by atoms with Gasteiger partial charge < -0.3 is 14.7 Å². The molecule has 3 atom stereocenters. The number of nitrogens with zero attached hydrogens (tertiary/aromatic N) is 2. The van der Waals surface area contributed by atoms with Crippen LogP contribution in [0.2, 0.25) is 0 Å². The third-order valence-corrected chi connectivity index (χ3v) is 3.33. The molecular formula is C12H22N2O4. The van der Waals surface area contributed by atoms with Crippen LogP contribution < -0.4 is 0 Å². The van der Waals surface area contributed by atoms with Crippen molar-refractivity contribution < 1.29 is 19.4 Å². The van der Waals surface area contributed by atoms with E-state index in [1.54, 1.807) is 13.8 Å². The first kappa shape index (κ1) is 14.8. The molecule has 18 heavy (non-hydrogen) atoms. The Balaban J connectivity index is 2.72. The van der Waals surface area contributed by atoms with Crippen LogP contribution in [0.15, 0.2) is 0 Å². The monoisotopic (exact) mass is 258 g/mol. The van der Waals surface area contributed by atoms with Gasteiger partial charge in [0, 0.05) is 25.2 Å². The number of piperazine rings is 1. The molecule has 1 aliphatic rings. The lowest BCUT2D eigenvalue weighted by Crippen LogP contribution is -2.61. The molecule has 1 aliphatic heterocycles. The van der Waals surface area contributed by atoms with E-state index in [-0.39, 0.29) is 24.1 Å². The minimum atomic E-state index is -0.905. The van der Waals surface area contributed by atoms with E-state index in [4.69, 9.17) is 9.84 Å². The fraction of sp³-hybridized carbons (Fsp3) is 0.833. The summed E-state index contributed by atoms with van der Waals surface area (Å²) in [7, 11) is 0. The van der Waals surface area contributed by atoms with E-state index in [0.29, 0.717) is 19.7 Å². The maximum Gasteiger partial charge on any atom is 0.407 e. The molecule has 0 spiro atoms. The highest BCUT2D eigenvalue weighted by Crippen LogP contribution is 2.19. The molecular weight excluding hydrogens is 236 g/mol. The standard InChI is InChI=1S/C12H22N2O4/c1-5-18-11(15)10(4)14-8(2)6-13(12(16)17)7-9(14)3/h8-10H,5-7H2,1-4H3,(H,16,17). The van der Waals surface area contributed by atoms with Crippen LogP contribution in [0.3, 0.4) is 0 Å². The van der Waals surface area contributed by atoms with E-state index in [1.165, 1.54) is 4.90 Å². The number of rotatable bonds is 3. The minimum Gasteiger partial charge on any atom is -0.465 e. The van der Waals surface area contributed by atoms with Gasteiger partial charge in [-0.15, -0.1) is 0 Å². The number of carbonyl (C=O) groups excluding carboxylic acids is 1. The van der Waals surface area contributed by atoms with Gasteiger partial charge in [-0.25, -0.2) is 4.79 Å². The zero-order valence-electron chi connectivity index (χ0n) is 11.4. The number of amides is 1. The van der Waals surface area contributed by atoms with Crippen molar-refractivity contribution in [2.45, 2.75) is 45.8 Å². The first-order valence-corrected chi connectivity index (χ1v) is 6.30. The summed E-state index contributed by atoms with van der Waals surface area (Å²) in [6, 6.07) is -0.334. The van der Waals surface area contributed by atoms with Crippen molar-refractivity contribution in [3.8, 4) is 0 Å². The SMILES string of the molecule is CCOC(=O)C(C)N1C(C)CN(C(=O)O)CC1C. The van der Waals surface area contributed by atoms with E-state index < -0.39 is 6.09 Å². The van der Waals surface area contributed by atoms with Crippen molar-refractivity contribution >= 4 is 12.1 Å². The molecule has 1 rings (SSSR count). The molecule has 6 heteroatoms. The van der Waals surface area contributed by atoms with Crippen molar-refractivity contribution in [3.63, 3.8) is 0 Å². The summed E-state index contributed by atoms with van der Waals surface area (Å²) < 4.78 is 5.02. The normalized spacial score (nSPS) is 26.8. The Hall–Kier alpha value is -1.30. The van der Waals surface area contributed by atoms with Crippen molar-refractivity contribution in [1.82, 2.24) is 9.80 Å². The van der Waals surface area contributed by atoms with Gasteiger partial charge in [-0.3, -0.25) is 9.69 Å². The van der Waals surface area contributed by atoms with Gasteiger partial charge in [-0.2, -0.15) is 0 Å². The molecule has 0 aliphatic carbocycles. The number of hydrogen-bond acceptors (Lipinski definition) is 4. The van der Waals surface area contributed by atoms with E-state index >= 15 is 0 Å². The Morgan fingerprint density at radius 2 is 1.83 bits per heavy atom. The summed E-state index contributed by atoms with van der Waals surface area (Å²) in [5, 5.41) is 9.01. The molecule has 0 aromatic rings. The van der Waals surface area contributed by atoms with Crippen LogP contribution in [0.25, 0.3) is 0 Å². The zero-order valence-corrected chi connectivity index (χ0v) is 11.4. The smallest absolute Gasteiger partial charge is 0.407 e. The summed E-state index contributed by atoms with van der Waals surface area (Å²) >= 11 is 0. The molecule has 1 fully saturated rings. The number of ether oxygens (including phenoxy) is 1. The average molecular weight is 258 g/mol. The number of esters is 1. The topological polar surface area (TPSA) is 70.1 Å². The van der Waals surface area contributed by atoms with Crippen LogP contribution in [-0.2, 0) is 9.53 Å². The second-order valence-electron chi connectivity index (χ2n) is 4.76. The fourth-order valence-corrected chi connectivity index (χ4v) is 2.64. The lowest BCUT2D eigenvalue weighted by molar-refractivity contribution is -0.152. The van der Waals surface area contributed by atoms with Gasteiger partial charge in [-0.05, 0) is 27.7 Å². The van der Waals surface area contributed by atoms with Gasteiger partial charge >= 0.3 is 12.1 Å². The largest absolute Gasteiger partial charge is 0.465 e. The summed E-state index contributed by atoms with van der Waals surface area (Å²) in [5.74, 6) is -0.250. The first-order valence-electron chi connectivity index (χ1n) is 6.30. The molecule has 1 amide bonds. The van der Waals surface area contributed by atoms with Gasteiger partial charge in [0.2, 0.25) is 0 Å². The highest BCUT2D eigenvalue weighted by Gasteiger charge is 2.37. The van der Waals surface area contributed by atoms with E-state index in [1.807, 2.05) is 18.7 Å². The molecule has 0 radical (unpaired) electrons. The molecule has 0 saturated carbocycles. The zero-order chi connectivity index (χ0) is 13.9. The molecule has 1 N–H and O–H groups in total. The fourth-order valence-electron chi connectivity index (χ4n) is 2.64. The van der Waals surface area contributed by atoms with Gasteiger partial charge in [0.1, 0.15) is 6.04 Å². The summed E-state index contributed by atoms with van der Waals surface area (Å²) in [6.45, 7) is 8.65. The molecule has 3 unspecified atom stereocenters. The Morgan fingerprint density at radius 1 is 1.33 bits per heavy atom. The van der Waals surface area contributed by atoms with Crippen molar-refractivity contribution in [1.29, 1.82) is 0 Å². The van der Waals surface area contributed by atoms with Gasteiger partial charge in [0.05, 0.1) is 6.61 Å². The highest BCUT2D eigenvalue weighted by atomic mass is 16.5. The van der Waals surface area contributed by atoms with E-state index in [2.05, 4.69) is 0 Å². The van der Waals surface area contributed by atoms with Crippen LogP contribution in [0.1, 0.15) is 27.7 Å². The van der Waals surface area contributed by atoms with Crippen molar-refractivity contribution in [2.24, 2.45) is 0 Å². The second kappa shape index (κ2) is 6.04. The third-order valence-electron chi connectivity index (χ3n) is 3.33. The number of carboxylic acid groups (broad SMARTS) is 1. The van der Waals surface area contributed by atoms with Crippen LogP contribution >= 0.6 is 0 Å². The lowest BCUT2D eigenvalue weighted by atomic mass is 10.1. The first-order chi connectivity index (χ1) is 8.38. The van der Waals surface area contributed by atoms with Crippen LogP contribution in [0.4, 0.5) is 4.79 Å².